The van der Waals surface area contributed by atoms with Crippen LogP contribution < -0.4 is 9.62 Å². The quantitative estimate of drug-likeness (QED) is 0.611. The molecule has 0 aliphatic carbocycles. The maximum absolute atomic E-state index is 14.2. The topological polar surface area (TPSA) is 108 Å². The van der Waals surface area contributed by atoms with Gasteiger partial charge in [0, 0.05) is 37.4 Å². The van der Waals surface area contributed by atoms with Crippen molar-refractivity contribution < 1.29 is 26.0 Å². The molecule has 2 aliphatic rings. The first-order valence-electron chi connectivity index (χ1n) is 12.0. The maximum Gasteiger partial charge on any atom is 0.299 e. The maximum atomic E-state index is 14.2. The summed E-state index contributed by atoms with van der Waals surface area (Å²) in [6, 6.07) is 12.5. The summed E-state index contributed by atoms with van der Waals surface area (Å²) in [5, 5.41) is 0. The molecule has 2 aromatic rings. The molecule has 12 heteroatoms. The Hall–Kier alpha value is -2.70. The first-order valence-corrected chi connectivity index (χ1v) is 15.3. The molecule has 202 valence electrons. The Labute approximate surface area is 218 Å². The average Bonchev–Trinajstić information content (AvgIpc) is 2.82. The van der Waals surface area contributed by atoms with Gasteiger partial charge in [0.15, 0.2) is 4.75 Å². The van der Waals surface area contributed by atoms with E-state index in [1.165, 1.54) is 16.6 Å². The molecule has 2 heterocycles. The van der Waals surface area contributed by atoms with Gasteiger partial charge in [0.05, 0.1) is 12.3 Å². The Kier molecular flexibility index (Phi) is 7.06. The number of amidine groups is 1. The molecule has 0 radical (unpaired) electrons. The lowest BCUT2D eigenvalue weighted by Crippen LogP contribution is -2.63. The molecule has 0 spiro atoms. The highest BCUT2D eigenvalue weighted by Crippen LogP contribution is 2.45. The van der Waals surface area contributed by atoms with Crippen LogP contribution in [-0.4, -0.2) is 65.2 Å². The standard InChI is InChI=1S/C25H33FN4O5S2/c1-18(21-11-6-7-12-22(21)26)27-23-28-37(33,34)25(4,24(2,3)35-23)19-9-8-10-20(17-19)29-13-15-30(16-14-29)36(5,31)32/h6-12,17-18H,13-16H2,1-5H3,(H,27,28)/t18-,25?/m0/s1. The van der Waals surface area contributed by atoms with E-state index in [4.69, 9.17) is 4.74 Å². The van der Waals surface area contributed by atoms with Crippen LogP contribution in [0.2, 0.25) is 0 Å². The molecule has 0 amide bonds. The third-order valence-corrected chi connectivity index (χ3v) is 10.9. The van der Waals surface area contributed by atoms with E-state index in [0.717, 1.165) is 5.69 Å². The number of rotatable bonds is 5. The molecule has 37 heavy (non-hydrogen) atoms. The van der Waals surface area contributed by atoms with Crippen LogP contribution in [0.5, 0.6) is 0 Å². The van der Waals surface area contributed by atoms with Crippen LogP contribution in [0.4, 0.5) is 10.1 Å². The molecule has 2 aromatic carbocycles. The second-order valence-electron chi connectivity index (χ2n) is 10.1. The van der Waals surface area contributed by atoms with Crippen LogP contribution in [0.25, 0.3) is 0 Å². The van der Waals surface area contributed by atoms with E-state index in [1.54, 1.807) is 58.0 Å². The lowest BCUT2D eigenvalue weighted by Gasteiger charge is -2.47. The minimum Gasteiger partial charge on any atom is -0.456 e. The van der Waals surface area contributed by atoms with Gasteiger partial charge in [-0.15, -0.1) is 0 Å². The molecular weight excluding hydrogens is 519 g/mol. The monoisotopic (exact) mass is 552 g/mol. The summed E-state index contributed by atoms with van der Waals surface area (Å²) in [6.45, 7) is 8.33. The lowest BCUT2D eigenvalue weighted by atomic mass is 9.84. The summed E-state index contributed by atoms with van der Waals surface area (Å²) >= 11 is 0. The second-order valence-corrected chi connectivity index (χ2v) is 14.1. The van der Waals surface area contributed by atoms with Crippen LogP contribution >= 0.6 is 0 Å². The number of aliphatic imine (C=N–C) groups is 1. The van der Waals surface area contributed by atoms with Gasteiger partial charge in [0.25, 0.3) is 6.02 Å². The van der Waals surface area contributed by atoms with E-state index in [1.807, 2.05) is 17.0 Å². The summed E-state index contributed by atoms with van der Waals surface area (Å²) < 4.78 is 73.9. The number of piperazine rings is 1. The minimum absolute atomic E-state index is 0.189. The largest absolute Gasteiger partial charge is 0.456 e. The van der Waals surface area contributed by atoms with Gasteiger partial charge in [-0.3, -0.25) is 0 Å². The lowest BCUT2D eigenvalue weighted by molar-refractivity contribution is 0.0383. The van der Waals surface area contributed by atoms with E-state index in [-0.39, 0.29) is 6.02 Å². The highest BCUT2D eigenvalue weighted by Gasteiger charge is 2.59. The summed E-state index contributed by atoms with van der Waals surface area (Å²) in [6.07, 6.45) is 1.20. The Balaban J connectivity index is 1.63. The zero-order chi connectivity index (χ0) is 27.2. The van der Waals surface area contributed by atoms with E-state index in [9.17, 15) is 21.2 Å². The summed E-state index contributed by atoms with van der Waals surface area (Å²) in [4.78, 5) is 6.37. The number of sulfonamides is 2. The number of nitrogens with one attached hydrogen (secondary N) is 1. The molecule has 1 N–H and O–H groups in total. The number of anilines is 1. The number of hydrogen-bond acceptors (Lipinski definition) is 7. The van der Waals surface area contributed by atoms with E-state index >= 15 is 0 Å². The third kappa shape index (κ3) is 5.06. The average molecular weight is 553 g/mol. The molecule has 4 rings (SSSR count). The zero-order valence-electron chi connectivity index (χ0n) is 21.6. The summed E-state index contributed by atoms with van der Waals surface area (Å²) in [7, 11) is -7.31. The van der Waals surface area contributed by atoms with E-state index < -0.39 is 42.3 Å². The van der Waals surface area contributed by atoms with Crippen molar-refractivity contribution in [1.29, 1.82) is 0 Å². The molecule has 2 aliphatic heterocycles. The number of benzene rings is 2. The van der Waals surface area contributed by atoms with Gasteiger partial charge in [-0.05, 0) is 51.5 Å². The first kappa shape index (κ1) is 27.3. The third-order valence-electron chi connectivity index (χ3n) is 7.40. The molecule has 2 fully saturated rings. The molecule has 2 saturated heterocycles. The molecular formula is C25H33FN4O5S2. The fourth-order valence-corrected chi connectivity index (χ4v) is 7.27. The van der Waals surface area contributed by atoms with Gasteiger partial charge in [-0.25, -0.2) is 30.9 Å². The van der Waals surface area contributed by atoms with Gasteiger partial charge >= 0.3 is 0 Å². The number of halogens is 1. The zero-order valence-corrected chi connectivity index (χ0v) is 23.2. The van der Waals surface area contributed by atoms with Crippen LogP contribution in [-0.2, 0) is 29.5 Å². The first-order chi connectivity index (χ1) is 17.2. The van der Waals surface area contributed by atoms with Crippen molar-refractivity contribution in [1.82, 2.24) is 9.03 Å². The Morgan fingerprint density at radius 3 is 2.30 bits per heavy atom. The fraction of sp³-hybridized carbons (Fsp3) is 0.480. The van der Waals surface area contributed by atoms with Crippen LogP contribution in [0.1, 0.15) is 44.9 Å². The van der Waals surface area contributed by atoms with Gasteiger partial charge in [-0.1, -0.05) is 30.3 Å². The Morgan fingerprint density at radius 2 is 1.70 bits per heavy atom. The smallest absolute Gasteiger partial charge is 0.299 e. The number of nitrogens with zero attached hydrogens (tertiary/aromatic N) is 3. The van der Waals surface area contributed by atoms with E-state index in [2.05, 4.69) is 9.71 Å². The number of ether oxygens (including phenoxy) is 1. The molecule has 0 aromatic heterocycles. The predicted molar refractivity (Wildman–Crippen MR) is 142 cm³/mol. The molecule has 9 nitrogen and oxygen atoms in total. The normalized spacial score (nSPS) is 25.8. The van der Waals surface area contributed by atoms with Crippen LogP contribution in [0, 0.1) is 5.82 Å². The van der Waals surface area contributed by atoms with Crippen molar-refractivity contribution in [3.63, 3.8) is 0 Å². The van der Waals surface area contributed by atoms with Gasteiger partial charge < -0.3 is 9.64 Å². The Bertz CT molecular complexity index is 1420. The fourth-order valence-electron chi connectivity index (χ4n) is 4.79. The van der Waals surface area contributed by atoms with Crippen molar-refractivity contribution in [3.05, 3.63) is 65.5 Å². The SMILES string of the molecule is C[C@H](N=C1NS(=O)(=O)C(C)(c2cccc(N3CCN(S(C)(=O)=O)CC3)c2)C(C)(C)O1)c1ccccc1F. The number of hydrogen-bond donors (Lipinski definition) is 1. The second kappa shape index (κ2) is 9.55. The van der Waals surface area contributed by atoms with Crippen LogP contribution in [0.3, 0.4) is 0 Å². The van der Waals surface area contributed by atoms with Crippen molar-refractivity contribution in [2.45, 2.75) is 44.1 Å². The van der Waals surface area contributed by atoms with Gasteiger partial charge in [0.1, 0.15) is 11.4 Å². The van der Waals surface area contributed by atoms with Gasteiger partial charge in [0.2, 0.25) is 20.0 Å². The molecule has 0 saturated carbocycles. The van der Waals surface area contributed by atoms with Crippen LogP contribution in [0.15, 0.2) is 53.5 Å². The predicted octanol–water partition coefficient (Wildman–Crippen LogP) is 2.97. The molecule has 0 bridgehead atoms. The summed E-state index contributed by atoms with van der Waals surface area (Å²) in [5.41, 5.74) is 0.408. The van der Waals surface area contributed by atoms with Crippen molar-refractivity contribution >= 4 is 31.8 Å². The molecule has 1 unspecified atom stereocenters. The highest BCUT2D eigenvalue weighted by molar-refractivity contribution is 7.91. The van der Waals surface area contributed by atoms with E-state index in [0.29, 0.717) is 37.3 Å². The van der Waals surface area contributed by atoms with Gasteiger partial charge in [-0.2, -0.15) is 4.31 Å². The summed E-state index contributed by atoms with van der Waals surface area (Å²) in [5.74, 6) is -0.434. The Morgan fingerprint density at radius 1 is 1.05 bits per heavy atom. The highest BCUT2D eigenvalue weighted by atomic mass is 32.2. The van der Waals surface area contributed by atoms with Crippen molar-refractivity contribution in [2.75, 3.05) is 37.3 Å². The molecule has 2 atom stereocenters. The minimum atomic E-state index is -4.05. The van der Waals surface area contributed by atoms with Crippen molar-refractivity contribution in [3.8, 4) is 0 Å². The van der Waals surface area contributed by atoms with Crippen molar-refractivity contribution in [2.24, 2.45) is 4.99 Å².